The van der Waals surface area contributed by atoms with Crippen LogP contribution in [0.2, 0.25) is 0 Å². The van der Waals surface area contributed by atoms with Gasteiger partial charge >= 0.3 is 0 Å². The molecule has 0 spiro atoms. The third kappa shape index (κ3) is 3.27. The zero-order valence-corrected chi connectivity index (χ0v) is 10.1. The Morgan fingerprint density at radius 1 is 1.24 bits per heavy atom. The predicted molar refractivity (Wildman–Crippen MR) is 66.1 cm³/mol. The van der Waals surface area contributed by atoms with Crippen molar-refractivity contribution in [1.82, 2.24) is 0 Å². The number of benzene rings is 1. The molecule has 0 amide bonds. The molecule has 17 heavy (non-hydrogen) atoms. The first-order valence-corrected chi connectivity index (χ1v) is 6.33. The Bertz CT molecular complexity index is 361. The van der Waals surface area contributed by atoms with Gasteiger partial charge in [0.25, 0.3) is 0 Å². The Morgan fingerprint density at radius 2 is 2.00 bits per heavy atom. The Hall–Kier alpha value is -0.930. The van der Waals surface area contributed by atoms with Crippen LogP contribution in [0.5, 0.6) is 0 Å². The largest absolute Gasteiger partial charge is 0.369 e. The molecule has 0 radical (unpaired) electrons. The molecule has 0 aromatic heterocycles. The van der Waals surface area contributed by atoms with Gasteiger partial charge in [-0.2, -0.15) is 0 Å². The summed E-state index contributed by atoms with van der Waals surface area (Å²) >= 11 is 0. The van der Waals surface area contributed by atoms with Gasteiger partial charge in [0.1, 0.15) is 5.82 Å². The van der Waals surface area contributed by atoms with Crippen LogP contribution in [0, 0.1) is 5.82 Å². The van der Waals surface area contributed by atoms with Gasteiger partial charge in [-0.25, -0.2) is 4.39 Å². The van der Waals surface area contributed by atoms with Crippen molar-refractivity contribution in [1.29, 1.82) is 0 Å². The maximum Gasteiger partial charge on any atom is 0.123 e. The highest BCUT2D eigenvalue weighted by Gasteiger charge is 2.31. The molecule has 3 heteroatoms. The summed E-state index contributed by atoms with van der Waals surface area (Å²) in [6.07, 6.45) is 5.68. The number of nitrogens with two attached hydrogens (primary N) is 1. The van der Waals surface area contributed by atoms with Gasteiger partial charge in [0, 0.05) is 6.54 Å². The van der Waals surface area contributed by atoms with Gasteiger partial charge in [0.2, 0.25) is 0 Å². The van der Waals surface area contributed by atoms with E-state index in [-0.39, 0.29) is 11.4 Å². The fraction of sp³-hybridized carbons (Fsp3) is 0.571. The molecule has 0 atom stereocenters. The SMILES string of the molecule is NCC1(OCc2cccc(F)c2)CCCCC1. The monoisotopic (exact) mass is 237 g/mol. The summed E-state index contributed by atoms with van der Waals surface area (Å²) < 4.78 is 19.0. The van der Waals surface area contributed by atoms with E-state index in [0.717, 1.165) is 18.4 Å². The summed E-state index contributed by atoms with van der Waals surface area (Å²) in [5.74, 6) is -0.212. The Kier molecular flexibility index (Phi) is 4.13. The van der Waals surface area contributed by atoms with Gasteiger partial charge in [0.15, 0.2) is 0 Å². The number of hydrogen-bond acceptors (Lipinski definition) is 2. The van der Waals surface area contributed by atoms with Crippen molar-refractivity contribution in [3.63, 3.8) is 0 Å². The standard InChI is InChI=1S/C14H20FNO/c15-13-6-4-5-12(9-13)10-17-14(11-16)7-2-1-3-8-14/h4-6,9H,1-3,7-8,10-11,16H2. The van der Waals surface area contributed by atoms with Gasteiger partial charge in [-0.3, -0.25) is 0 Å². The van der Waals surface area contributed by atoms with E-state index in [4.69, 9.17) is 10.5 Å². The maximum atomic E-state index is 13.0. The van der Waals surface area contributed by atoms with Crippen LogP contribution in [0.1, 0.15) is 37.7 Å². The van der Waals surface area contributed by atoms with Crippen LogP contribution in [0.4, 0.5) is 4.39 Å². The number of hydrogen-bond donors (Lipinski definition) is 1. The smallest absolute Gasteiger partial charge is 0.123 e. The average Bonchev–Trinajstić information content (AvgIpc) is 2.38. The second kappa shape index (κ2) is 5.61. The topological polar surface area (TPSA) is 35.2 Å². The van der Waals surface area contributed by atoms with E-state index < -0.39 is 0 Å². The second-order valence-corrected chi connectivity index (χ2v) is 4.87. The molecule has 0 heterocycles. The van der Waals surface area contributed by atoms with Crippen molar-refractivity contribution in [2.24, 2.45) is 5.73 Å². The van der Waals surface area contributed by atoms with Crippen LogP contribution in [-0.2, 0) is 11.3 Å². The van der Waals surface area contributed by atoms with Crippen molar-refractivity contribution in [2.45, 2.75) is 44.3 Å². The first-order chi connectivity index (χ1) is 8.24. The quantitative estimate of drug-likeness (QED) is 0.873. The van der Waals surface area contributed by atoms with E-state index in [1.807, 2.05) is 6.07 Å². The fourth-order valence-corrected chi connectivity index (χ4v) is 2.47. The predicted octanol–water partition coefficient (Wildman–Crippen LogP) is 3.00. The lowest BCUT2D eigenvalue weighted by molar-refractivity contribution is -0.0734. The lowest BCUT2D eigenvalue weighted by Crippen LogP contribution is -2.42. The number of ether oxygens (including phenoxy) is 1. The molecular formula is C14H20FNO. The second-order valence-electron chi connectivity index (χ2n) is 4.87. The molecule has 0 bridgehead atoms. The van der Waals surface area contributed by atoms with E-state index >= 15 is 0 Å². The van der Waals surface area contributed by atoms with Crippen LogP contribution >= 0.6 is 0 Å². The van der Waals surface area contributed by atoms with Crippen molar-refractivity contribution >= 4 is 0 Å². The van der Waals surface area contributed by atoms with Gasteiger partial charge in [-0.1, -0.05) is 31.4 Å². The van der Waals surface area contributed by atoms with E-state index in [0.29, 0.717) is 13.2 Å². The number of rotatable bonds is 4. The third-order valence-electron chi connectivity index (χ3n) is 3.57. The summed E-state index contributed by atoms with van der Waals surface area (Å²) in [4.78, 5) is 0. The minimum Gasteiger partial charge on any atom is -0.369 e. The molecule has 0 aliphatic heterocycles. The van der Waals surface area contributed by atoms with Crippen molar-refractivity contribution in [3.8, 4) is 0 Å². The van der Waals surface area contributed by atoms with Crippen LogP contribution in [0.15, 0.2) is 24.3 Å². The van der Waals surface area contributed by atoms with Crippen LogP contribution < -0.4 is 5.73 Å². The van der Waals surface area contributed by atoms with Gasteiger partial charge in [0.05, 0.1) is 12.2 Å². The first kappa shape index (κ1) is 12.5. The summed E-state index contributed by atoms with van der Waals surface area (Å²) in [6, 6.07) is 6.57. The van der Waals surface area contributed by atoms with E-state index in [9.17, 15) is 4.39 Å². The van der Waals surface area contributed by atoms with Crippen molar-refractivity contribution in [3.05, 3.63) is 35.6 Å². The molecule has 1 saturated carbocycles. The fourth-order valence-electron chi connectivity index (χ4n) is 2.47. The third-order valence-corrected chi connectivity index (χ3v) is 3.57. The van der Waals surface area contributed by atoms with E-state index in [1.54, 1.807) is 6.07 Å². The average molecular weight is 237 g/mol. The molecule has 1 aromatic carbocycles. The Morgan fingerprint density at radius 3 is 2.65 bits per heavy atom. The molecule has 0 saturated heterocycles. The lowest BCUT2D eigenvalue weighted by Gasteiger charge is -2.36. The molecule has 2 nitrogen and oxygen atoms in total. The maximum absolute atomic E-state index is 13.0. The van der Waals surface area contributed by atoms with Crippen LogP contribution in [0.3, 0.4) is 0 Å². The molecule has 94 valence electrons. The highest BCUT2D eigenvalue weighted by molar-refractivity contribution is 5.15. The summed E-state index contributed by atoms with van der Waals surface area (Å²) in [6.45, 7) is 1.01. The molecule has 0 unspecified atom stereocenters. The Balaban J connectivity index is 1.95. The molecule has 1 aliphatic carbocycles. The molecule has 1 fully saturated rings. The zero-order chi connectivity index (χ0) is 12.1. The number of halogens is 1. The van der Waals surface area contributed by atoms with Crippen molar-refractivity contribution in [2.75, 3.05) is 6.54 Å². The summed E-state index contributed by atoms with van der Waals surface area (Å²) in [5, 5.41) is 0. The Labute approximate surface area is 102 Å². The molecule has 1 aliphatic rings. The highest BCUT2D eigenvalue weighted by Crippen LogP contribution is 2.31. The molecular weight excluding hydrogens is 217 g/mol. The summed E-state index contributed by atoms with van der Waals surface area (Å²) in [7, 11) is 0. The van der Waals surface area contributed by atoms with Crippen molar-refractivity contribution < 1.29 is 9.13 Å². The van der Waals surface area contributed by atoms with E-state index in [1.165, 1.54) is 31.4 Å². The van der Waals surface area contributed by atoms with Gasteiger partial charge in [-0.15, -0.1) is 0 Å². The molecule has 2 rings (SSSR count). The normalized spacial score (nSPS) is 19.2. The molecule has 2 N–H and O–H groups in total. The van der Waals surface area contributed by atoms with Crippen LogP contribution in [0.25, 0.3) is 0 Å². The zero-order valence-electron chi connectivity index (χ0n) is 10.1. The summed E-state index contributed by atoms with van der Waals surface area (Å²) in [5.41, 5.74) is 6.54. The van der Waals surface area contributed by atoms with Crippen LogP contribution in [-0.4, -0.2) is 12.1 Å². The highest BCUT2D eigenvalue weighted by atomic mass is 19.1. The molecule has 1 aromatic rings. The lowest BCUT2D eigenvalue weighted by atomic mass is 9.84. The minimum atomic E-state index is -0.212. The van der Waals surface area contributed by atoms with Gasteiger partial charge < -0.3 is 10.5 Å². The first-order valence-electron chi connectivity index (χ1n) is 6.33. The minimum absolute atomic E-state index is 0.176. The van der Waals surface area contributed by atoms with Gasteiger partial charge in [-0.05, 0) is 30.5 Å². The van der Waals surface area contributed by atoms with E-state index in [2.05, 4.69) is 0 Å².